The number of amides is 1. The summed E-state index contributed by atoms with van der Waals surface area (Å²) in [6, 6.07) is 21.8. The van der Waals surface area contributed by atoms with Gasteiger partial charge in [-0.15, -0.1) is 0 Å². The minimum atomic E-state index is -2.60. The number of hydrogen-bond acceptors (Lipinski definition) is 5. The minimum Gasteiger partial charge on any atom is -0.370 e. The van der Waals surface area contributed by atoms with E-state index in [0.717, 1.165) is 16.8 Å². The Morgan fingerprint density at radius 1 is 1.06 bits per heavy atom. The summed E-state index contributed by atoms with van der Waals surface area (Å²) in [5, 5.41) is 15.1. The lowest BCUT2D eigenvalue weighted by Gasteiger charge is -2.33. The maximum atomic E-state index is 13.4. The Morgan fingerprint density at radius 2 is 1.77 bits per heavy atom. The lowest BCUT2D eigenvalue weighted by Crippen LogP contribution is -2.39. The van der Waals surface area contributed by atoms with Crippen LogP contribution in [-0.4, -0.2) is 36.4 Å². The third kappa shape index (κ3) is 6.61. The van der Waals surface area contributed by atoms with Crippen LogP contribution in [0.5, 0.6) is 0 Å². The summed E-state index contributed by atoms with van der Waals surface area (Å²) in [7, 11) is 0. The van der Waals surface area contributed by atoms with Crippen LogP contribution in [0.2, 0.25) is 0 Å². The molecule has 1 fully saturated rings. The van der Waals surface area contributed by atoms with Crippen molar-refractivity contribution in [3.8, 4) is 6.07 Å². The number of hydrogen-bond donors (Lipinski definition) is 2. The van der Waals surface area contributed by atoms with Crippen molar-refractivity contribution in [2.45, 2.75) is 31.2 Å². The maximum Gasteiger partial charge on any atom is 0.251 e. The van der Waals surface area contributed by atoms with Gasteiger partial charge < -0.3 is 15.5 Å². The van der Waals surface area contributed by atoms with Crippen LogP contribution in [0.3, 0.4) is 0 Å². The predicted molar refractivity (Wildman–Crippen MR) is 131 cm³/mol. The summed E-state index contributed by atoms with van der Waals surface area (Å²) in [5.41, 5.74) is 3.27. The number of benzene rings is 2. The molecule has 1 aromatic heterocycles. The van der Waals surface area contributed by atoms with Crippen molar-refractivity contribution in [2.24, 2.45) is 0 Å². The number of alkyl halides is 2. The highest BCUT2D eigenvalue weighted by atomic mass is 19.3. The van der Waals surface area contributed by atoms with Gasteiger partial charge in [0.25, 0.3) is 5.92 Å². The first kappa shape index (κ1) is 24.3. The van der Waals surface area contributed by atoms with Crippen LogP contribution in [0.15, 0.2) is 72.9 Å². The highest BCUT2D eigenvalue weighted by molar-refractivity contribution is 5.94. The highest BCUT2D eigenvalue weighted by Crippen LogP contribution is 2.30. The van der Waals surface area contributed by atoms with Crippen LogP contribution in [0.25, 0.3) is 0 Å². The second kappa shape index (κ2) is 11.1. The Labute approximate surface area is 203 Å². The van der Waals surface area contributed by atoms with Gasteiger partial charge in [0.05, 0.1) is 23.5 Å². The van der Waals surface area contributed by atoms with Crippen molar-refractivity contribution in [2.75, 3.05) is 29.9 Å². The van der Waals surface area contributed by atoms with Gasteiger partial charge in [-0.1, -0.05) is 42.5 Å². The zero-order valence-electron chi connectivity index (χ0n) is 19.3. The molecular formula is C27H27F2N5O. The first-order valence-electron chi connectivity index (χ1n) is 11.6. The van der Waals surface area contributed by atoms with Gasteiger partial charge >= 0.3 is 0 Å². The van der Waals surface area contributed by atoms with Crippen LogP contribution in [-0.2, 0) is 11.2 Å². The number of aromatic nitrogens is 1. The zero-order chi connectivity index (χ0) is 24.7. The van der Waals surface area contributed by atoms with E-state index in [2.05, 4.69) is 21.7 Å². The molecular weight excluding hydrogens is 448 g/mol. The van der Waals surface area contributed by atoms with Gasteiger partial charge in [0.2, 0.25) is 5.91 Å². The average molecular weight is 476 g/mol. The van der Waals surface area contributed by atoms with Gasteiger partial charge in [0, 0.05) is 32.5 Å². The van der Waals surface area contributed by atoms with Crippen LogP contribution >= 0.6 is 0 Å². The van der Waals surface area contributed by atoms with Crippen molar-refractivity contribution < 1.29 is 13.6 Å². The molecule has 3 aromatic rings. The highest BCUT2D eigenvalue weighted by Gasteiger charge is 2.34. The van der Waals surface area contributed by atoms with Crippen LogP contribution in [0.4, 0.5) is 20.3 Å². The lowest BCUT2D eigenvalue weighted by molar-refractivity contribution is -0.118. The molecule has 0 saturated carbocycles. The fourth-order valence-electron chi connectivity index (χ4n) is 4.05. The molecule has 2 heterocycles. The molecule has 0 spiro atoms. The normalized spacial score (nSPS) is 15.7. The van der Waals surface area contributed by atoms with Gasteiger partial charge in [-0.25, -0.2) is 13.8 Å². The van der Waals surface area contributed by atoms with Crippen LogP contribution < -0.4 is 15.5 Å². The molecule has 1 aliphatic heterocycles. The summed E-state index contributed by atoms with van der Waals surface area (Å²) in [6.45, 7) is 1.12. The second-order valence-corrected chi connectivity index (χ2v) is 8.59. The number of nitriles is 1. The molecule has 2 aromatic carbocycles. The van der Waals surface area contributed by atoms with E-state index < -0.39 is 12.0 Å². The molecule has 1 amide bonds. The third-order valence-electron chi connectivity index (χ3n) is 6.10. The van der Waals surface area contributed by atoms with E-state index in [1.54, 1.807) is 30.5 Å². The third-order valence-corrected chi connectivity index (χ3v) is 6.10. The molecule has 1 atom stereocenters. The molecule has 0 unspecified atom stereocenters. The Hall–Kier alpha value is -3.83. The van der Waals surface area contributed by atoms with E-state index in [1.165, 1.54) is 0 Å². The summed E-state index contributed by atoms with van der Waals surface area (Å²) in [6.07, 6.45) is 1.97. The fraction of sp³-hybridized carbons (Fsp3) is 0.296. The van der Waals surface area contributed by atoms with Crippen molar-refractivity contribution in [3.05, 3.63) is 89.6 Å². The van der Waals surface area contributed by atoms with Crippen molar-refractivity contribution in [3.63, 3.8) is 0 Å². The topological polar surface area (TPSA) is 81.0 Å². The molecule has 2 N–H and O–H groups in total. The number of halogens is 2. The molecule has 35 heavy (non-hydrogen) atoms. The van der Waals surface area contributed by atoms with Crippen LogP contribution in [0.1, 0.15) is 35.6 Å². The lowest BCUT2D eigenvalue weighted by atomic mass is 10.0. The molecule has 0 radical (unpaired) electrons. The number of anilines is 2. The van der Waals surface area contributed by atoms with E-state index in [-0.39, 0.29) is 31.8 Å². The van der Waals surface area contributed by atoms with Gasteiger partial charge in [-0.2, -0.15) is 5.26 Å². The number of rotatable bonds is 8. The average Bonchev–Trinajstić information content (AvgIpc) is 2.88. The summed E-state index contributed by atoms with van der Waals surface area (Å²) in [4.78, 5) is 19.4. The van der Waals surface area contributed by atoms with Crippen molar-refractivity contribution in [1.29, 1.82) is 5.26 Å². The second-order valence-electron chi connectivity index (χ2n) is 8.59. The first-order valence-corrected chi connectivity index (χ1v) is 11.6. The number of nitrogens with one attached hydrogen (secondary N) is 2. The number of piperidine rings is 1. The fourth-order valence-corrected chi connectivity index (χ4v) is 4.05. The Morgan fingerprint density at radius 3 is 2.40 bits per heavy atom. The van der Waals surface area contributed by atoms with Gasteiger partial charge in [-0.3, -0.25) is 4.79 Å². The van der Waals surface area contributed by atoms with E-state index in [9.17, 15) is 13.6 Å². The number of carbonyl (C=O) groups is 1. The van der Waals surface area contributed by atoms with Gasteiger partial charge in [-0.05, 0) is 41.8 Å². The Bertz CT molecular complexity index is 1150. The quantitative estimate of drug-likeness (QED) is 0.494. The van der Waals surface area contributed by atoms with Crippen LogP contribution in [0, 0.1) is 11.3 Å². The molecule has 0 bridgehead atoms. The van der Waals surface area contributed by atoms with E-state index in [4.69, 9.17) is 5.26 Å². The first-order chi connectivity index (χ1) is 16.9. The Balaban J connectivity index is 1.38. The number of pyridine rings is 1. The maximum absolute atomic E-state index is 13.4. The smallest absolute Gasteiger partial charge is 0.251 e. The predicted octanol–water partition coefficient (Wildman–Crippen LogP) is 4.70. The number of carbonyl (C=O) groups excluding carboxylic acids is 1. The van der Waals surface area contributed by atoms with E-state index >= 15 is 0 Å². The van der Waals surface area contributed by atoms with E-state index in [1.807, 2.05) is 47.4 Å². The molecule has 180 valence electrons. The molecule has 1 saturated heterocycles. The zero-order valence-corrected chi connectivity index (χ0v) is 19.3. The largest absolute Gasteiger partial charge is 0.370 e. The van der Waals surface area contributed by atoms with Crippen molar-refractivity contribution in [1.82, 2.24) is 10.3 Å². The molecule has 1 aliphatic rings. The Kier molecular flexibility index (Phi) is 7.68. The van der Waals surface area contributed by atoms with E-state index in [0.29, 0.717) is 24.3 Å². The summed E-state index contributed by atoms with van der Waals surface area (Å²) in [5.74, 6) is -2.44. The van der Waals surface area contributed by atoms with Crippen molar-refractivity contribution >= 4 is 17.4 Å². The molecule has 8 heteroatoms. The molecule has 6 nitrogen and oxygen atoms in total. The summed E-state index contributed by atoms with van der Waals surface area (Å²) < 4.78 is 26.9. The SMILES string of the molecule is N#Cc1ccc(CCN[C@H](C(=O)Nc2ccc(N3CCC(F)(F)CC3)cn2)c2ccccc2)cc1. The molecule has 0 aliphatic carbocycles. The monoisotopic (exact) mass is 475 g/mol. The molecule has 4 rings (SSSR count). The minimum absolute atomic E-state index is 0.168. The number of nitrogens with zero attached hydrogens (tertiary/aromatic N) is 3. The van der Waals surface area contributed by atoms with Gasteiger partial charge in [0.15, 0.2) is 0 Å². The van der Waals surface area contributed by atoms with Gasteiger partial charge in [0.1, 0.15) is 11.9 Å². The standard InChI is InChI=1S/C27H27F2N5O/c28-27(29)13-16-34(17-14-27)23-10-11-24(32-19-23)33-26(35)25(22-4-2-1-3-5-22)31-15-12-20-6-8-21(18-30)9-7-20/h1-11,19,25,31H,12-17H2,(H,32,33,35)/t25-/m0/s1. The summed E-state index contributed by atoms with van der Waals surface area (Å²) >= 11 is 0.